The van der Waals surface area contributed by atoms with Crippen molar-refractivity contribution in [1.82, 2.24) is 40.8 Å². The number of imidazole rings is 2. The predicted octanol–water partition coefficient (Wildman–Crippen LogP) is 4.60. The number of ether oxygens (including phenoxy) is 3. The van der Waals surface area contributed by atoms with Crippen LogP contribution in [0.15, 0.2) is 60.8 Å². The summed E-state index contributed by atoms with van der Waals surface area (Å²) in [6.45, 7) is 3.31. The van der Waals surface area contributed by atoms with Crippen molar-refractivity contribution < 1.29 is 33.4 Å². The lowest BCUT2D eigenvalue weighted by Gasteiger charge is -2.36. The lowest BCUT2D eigenvalue weighted by molar-refractivity contribution is -0.142. The lowest BCUT2D eigenvalue weighted by atomic mass is 9.99. The minimum absolute atomic E-state index is 0.120. The standard InChI is InChI=1S/C38H44N8O7/c1-4-28(45-38(50)52-3)36(48)46-15-16-53-22-32(46)35-43-29-13-12-26(19-30(29)44-35)24-8-9-25-18-27(11-10-23(25)17-24)31-20-40-33(42-31)7-5-6-14-39-34(47)21-41-37(49)51-2/h8-13,17-20,28,32H,4-7,14-16,21-22H2,1-3H3,(H,39,47)(H,40,42)(H,41,49)(H,43,44)(H,45,50). The third kappa shape index (κ3) is 8.92. The molecule has 2 atom stereocenters. The molecule has 0 bridgehead atoms. The van der Waals surface area contributed by atoms with Crippen molar-refractivity contribution in [2.24, 2.45) is 0 Å². The Bertz CT molecular complexity index is 2090. The van der Waals surface area contributed by atoms with Crippen LogP contribution >= 0.6 is 0 Å². The van der Waals surface area contributed by atoms with Gasteiger partial charge in [0, 0.05) is 25.1 Å². The number of methoxy groups -OCH3 is 2. The highest BCUT2D eigenvalue weighted by Gasteiger charge is 2.35. The van der Waals surface area contributed by atoms with E-state index >= 15 is 0 Å². The molecule has 1 aliphatic heterocycles. The maximum absolute atomic E-state index is 13.5. The van der Waals surface area contributed by atoms with Crippen molar-refractivity contribution in [3.8, 4) is 22.4 Å². The Morgan fingerprint density at radius 2 is 1.66 bits per heavy atom. The van der Waals surface area contributed by atoms with Crippen LogP contribution in [-0.2, 0) is 30.2 Å². The largest absolute Gasteiger partial charge is 0.453 e. The second-order valence-electron chi connectivity index (χ2n) is 12.7. The molecule has 4 amide bonds. The van der Waals surface area contributed by atoms with E-state index in [0.29, 0.717) is 38.5 Å². The molecule has 15 nitrogen and oxygen atoms in total. The number of nitrogens with zero attached hydrogens (tertiary/aromatic N) is 3. The number of morpholine rings is 1. The molecule has 2 aromatic heterocycles. The molecule has 0 radical (unpaired) electrons. The molecular weight excluding hydrogens is 680 g/mol. The van der Waals surface area contributed by atoms with Crippen LogP contribution < -0.4 is 16.0 Å². The summed E-state index contributed by atoms with van der Waals surface area (Å²) in [5.74, 6) is 1.03. The summed E-state index contributed by atoms with van der Waals surface area (Å²) in [6.07, 6.45) is 3.34. The maximum atomic E-state index is 13.5. The first-order chi connectivity index (χ1) is 25.8. The predicted molar refractivity (Wildman–Crippen MR) is 198 cm³/mol. The maximum Gasteiger partial charge on any atom is 0.407 e. The molecule has 15 heteroatoms. The van der Waals surface area contributed by atoms with E-state index in [1.165, 1.54) is 14.2 Å². The van der Waals surface area contributed by atoms with E-state index in [2.05, 4.69) is 78.1 Å². The average Bonchev–Trinajstić information content (AvgIpc) is 3.85. The first-order valence-corrected chi connectivity index (χ1v) is 17.7. The SMILES string of the molecule is CCC(NC(=O)OC)C(=O)N1CCOCC1c1nc2ccc(-c3ccc4cc(-c5cnc(CCCCNC(=O)CNC(=O)OC)[nH]5)ccc4c3)cc2[nH]1. The number of aromatic amines is 2. The van der Waals surface area contributed by atoms with E-state index in [0.717, 1.165) is 69.3 Å². The number of unbranched alkanes of at least 4 members (excludes halogenated alkanes) is 1. The molecule has 3 aromatic carbocycles. The Morgan fingerprint density at radius 1 is 0.925 bits per heavy atom. The van der Waals surface area contributed by atoms with Crippen LogP contribution in [0.5, 0.6) is 0 Å². The fraction of sp³-hybridized carbons (Fsp3) is 0.368. The number of hydrogen-bond donors (Lipinski definition) is 5. The molecule has 53 heavy (non-hydrogen) atoms. The molecule has 0 spiro atoms. The molecule has 3 heterocycles. The van der Waals surface area contributed by atoms with Gasteiger partial charge in [-0.2, -0.15) is 0 Å². The Balaban J connectivity index is 1.09. The fourth-order valence-electron chi connectivity index (χ4n) is 6.36. The van der Waals surface area contributed by atoms with E-state index in [1.54, 1.807) is 4.90 Å². The minimum atomic E-state index is -0.713. The molecule has 1 saturated heterocycles. The van der Waals surface area contributed by atoms with Crippen LogP contribution in [0.1, 0.15) is 43.9 Å². The van der Waals surface area contributed by atoms with E-state index in [4.69, 9.17) is 14.5 Å². The van der Waals surface area contributed by atoms with Gasteiger partial charge in [0.2, 0.25) is 11.8 Å². The molecule has 5 N–H and O–H groups in total. The van der Waals surface area contributed by atoms with Crippen LogP contribution in [0, 0.1) is 0 Å². The molecule has 0 saturated carbocycles. The number of fused-ring (bicyclic) bond motifs is 2. The fourth-order valence-corrected chi connectivity index (χ4v) is 6.36. The summed E-state index contributed by atoms with van der Waals surface area (Å²) in [5.41, 5.74) is 5.67. The highest BCUT2D eigenvalue weighted by molar-refractivity contribution is 5.92. The molecule has 278 valence electrons. The number of amides is 4. The summed E-state index contributed by atoms with van der Waals surface area (Å²) >= 11 is 0. The Morgan fingerprint density at radius 3 is 2.43 bits per heavy atom. The van der Waals surface area contributed by atoms with Gasteiger partial charge in [-0.05, 0) is 65.4 Å². The zero-order valence-electron chi connectivity index (χ0n) is 30.0. The summed E-state index contributed by atoms with van der Waals surface area (Å²) in [4.78, 5) is 66.1. The summed E-state index contributed by atoms with van der Waals surface area (Å²) in [7, 11) is 2.52. The number of rotatable bonds is 13. The van der Waals surface area contributed by atoms with Crippen LogP contribution in [-0.4, -0.2) is 102 Å². The first-order valence-electron chi connectivity index (χ1n) is 17.7. The van der Waals surface area contributed by atoms with Gasteiger partial charge in [0.05, 0.1) is 56.9 Å². The van der Waals surface area contributed by atoms with Crippen LogP contribution in [0.4, 0.5) is 9.59 Å². The lowest BCUT2D eigenvalue weighted by Crippen LogP contribution is -2.52. The monoisotopic (exact) mass is 724 g/mol. The van der Waals surface area contributed by atoms with Gasteiger partial charge in [-0.15, -0.1) is 0 Å². The number of aromatic nitrogens is 4. The van der Waals surface area contributed by atoms with Gasteiger partial charge in [0.25, 0.3) is 0 Å². The highest BCUT2D eigenvalue weighted by Crippen LogP contribution is 2.31. The van der Waals surface area contributed by atoms with E-state index in [-0.39, 0.29) is 18.4 Å². The Labute approximate surface area is 306 Å². The Hall–Kier alpha value is -5.96. The van der Waals surface area contributed by atoms with Crippen molar-refractivity contribution in [3.05, 3.63) is 72.4 Å². The topological polar surface area (TPSA) is 193 Å². The van der Waals surface area contributed by atoms with Gasteiger partial charge in [-0.3, -0.25) is 9.59 Å². The molecular formula is C38H44N8O7. The van der Waals surface area contributed by atoms with Crippen molar-refractivity contribution in [1.29, 1.82) is 0 Å². The average molecular weight is 725 g/mol. The molecule has 1 fully saturated rings. The third-order valence-electron chi connectivity index (χ3n) is 9.27. The van der Waals surface area contributed by atoms with Gasteiger partial charge in [0.15, 0.2) is 0 Å². The van der Waals surface area contributed by atoms with Crippen molar-refractivity contribution in [3.63, 3.8) is 0 Å². The quantitative estimate of drug-likeness (QED) is 0.108. The first kappa shape index (κ1) is 36.8. The molecule has 2 unspecified atom stereocenters. The highest BCUT2D eigenvalue weighted by atomic mass is 16.5. The van der Waals surface area contributed by atoms with E-state index in [9.17, 15) is 19.2 Å². The number of aryl methyl sites for hydroxylation is 1. The number of benzene rings is 3. The van der Waals surface area contributed by atoms with Crippen LogP contribution in [0.2, 0.25) is 0 Å². The van der Waals surface area contributed by atoms with E-state index < -0.39 is 24.3 Å². The summed E-state index contributed by atoms with van der Waals surface area (Å²) < 4.78 is 14.9. The summed E-state index contributed by atoms with van der Waals surface area (Å²) in [5, 5.41) is 9.95. The normalized spacial score (nSPS) is 14.8. The van der Waals surface area contributed by atoms with Gasteiger partial charge >= 0.3 is 12.2 Å². The number of carbonyl (C=O) groups excluding carboxylic acids is 4. The second-order valence-corrected chi connectivity index (χ2v) is 12.7. The number of nitrogens with one attached hydrogen (secondary N) is 5. The third-order valence-corrected chi connectivity index (χ3v) is 9.27. The van der Waals surface area contributed by atoms with Gasteiger partial charge in [-0.1, -0.05) is 37.3 Å². The van der Waals surface area contributed by atoms with E-state index in [1.807, 2.05) is 25.3 Å². The number of H-pyrrole nitrogens is 2. The number of hydrogen-bond acceptors (Lipinski definition) is 9. The van der Waals surface area contributed by atoms with Gasteiger partial charge < -0.3 is 45.0 Å². The van der Waals surface area contributed by atoms with Gasteiger partial charge in [0.1, 0.15) is 23.7 Å². The Kier molecular flexibility index (Phi) is 11.8. The number of carbonyl (C=O) groups is 4. The van der Waals surface area contributed by atoms with Gasteiger partial charge in [-0.25, -0.2) is 19.6 Å². The van der Waals surface area contributed by atoms with Crippen molar-refractivity contribution >= 4 is 45.8 Å². The smallest absolute Gasteiger partial charge is 0.407 e. The zero-order chi connectivity index (χ0) is 37.3. The number of alkyl carbamates (subject to hydrolysis) is 2. The van der Waals surface area contributed by atoms with Crippen LogP contribution in [0.25, 0.3) is 44.2 Å². The summed E-state index contributed by atoms with van der Waals surface area (Å²) in [6, 6.07) is 17.6. The van der Waals surface area contributed by atoms with Crippen molar-refractivity contribution in [2.75, 3.05) is 47.1 Å². The van der Waals surface area contributed by atoms with Crippen molar-refractivity contribution in [2.45, 2.75) is 44.7 Å². The minimum Gasteiger partial charge on any atom is -0.453 e. The second kappa shape index (κ2) is 17.0. The molecule has 1 aliphatic rings. The molecule has 6 rings (SSSR count). The molecule has 0 aliphatic carbocycles. The molecule has 5 aromatic rings. The zero-order valence-corrected chi connectivity index (χ0v) is 30.0. The van der Waals surface area contributed by atoms with Crippen LogP contribution in [0.3, 0.4) is 0 Å².